The average Bonchev–Trinajstić information content (AvgIpc) is 2.20. The van der Waals surface area contributed by atoms with Crippen LogP contribution in [0.3, 0.4) is 0 Å². The summed E-state index contributed by atoms with van der Waals surface area (Å²) in [4.78, 5) is 0. The summed E-state index contributed by atoms with van der Waals surface area (Å²) in [5, 5.41) is 0. The first-order valence-corrected chi connectivity index (χ1v) is 6.52. The average molecular weight is 202 g/mol. The van der Waals surface area contributed by atoms with Crippen LogP contribution in [0.2, 0.25) is 0 Å². The minimum absolute atomic E-state index is 0.821. The van der Waals surface area contributed by atoms with Crippen molar-refractivity contribution in [2.75, 3.05) is 0 Å². The van der Waals surface area contributed by atoms with Crippen LogP contribution < -0.4 is 0 Å². The third kappa shape index (κ3) is 1.41. The molecule has 4 fully saturated rings. The molecular weight excluding hydrogens is 180 g/mol. The van der Waals surface area contributed by atoms with E-state index in [1.807, 2.05) is 0 Å². The quantitative estimate of drug-likeness (QED) is 0.517. The Balaban J connectivity index is 1.97. The van der Waals surface area contributed by atoms with E-state index in [9.17, 15) is 0 Å². The van der Waals surface area contributed by atoms with E-state index in [1.54, 1.807) is 11.1 Å². The molecule has 0 aromatic heterocycles. The molecule has 0 spiro atoms. The van der Waals surface area contributed by atoms with E-state index in [2.05, 4.69) is 20.1 Å². The van der Waals surface area contributed by atoms with Crippen molar-refractivity contribution in [2.45, 2.75) is 39.0 Å². The SMILES string of the molecule is C=C1C2CC(C)CC3C[C@@H]1C[C@@H](C2)C3=C. The highest BCUT2D eigenvalue weighted by Gasteiger charge is 2.43. The molecule has 2 unspecified atom stereocenters. The third-order valence-corrected chi connectivity index (χ3v) is 5.18. The second-order valence-corrected chi connectivity index (χ2v) is 6.22. The van der Waals surface area contributed by atoms with Crippen LogP contribution >= 0.6 is 0 Å². The Bertz CT molecular complexity index is 282. The molecule has 4 saturated carbocycles. The summed E-state index contributed by atoms with van der Waals surface area (Å²) in [5.74, 6) is 4.21. The molecule has 0 N–H and O–H groups in total. The van der Waals surface area contributed by atoms with Gasteiger partial charge in [0.2, 0.25) is 0 Å². The first-order chi connectivity index (χ1) is 7.15. The van der Waals surface area contributed by atoms with Gasteiger partial charge in [-0.3, -0.25) is 0 Å². The lowest BCUT2D eigenvalue weighted by Gasteiger charge is -2.49. The first-order valence-electron chi connectivity index (χ1n) is 6.52. The predicted molar refractivity (Wildman–Crippen MR) is 64.5 cm³/mol. The molecule has 4 atom stereocenters. The van der Waals surface area contributed by atoms with Crippen LogP contribution in [-0.2, 0) is 0 Å². The van der Waals surface area contributed by atoms with Gasteiger partial charge in [0, 0.05) is 0 Å². The zero-order chi connectivity index (χ0) is 10.6. The maximum absolute atomic E-state index is 4.39. The van der Waals surface area contributed by atoms with Gasteiger partial charge >= 0.3 is 0 Å². The van der Waals surface area contributed by atoms with E-state index in [0.717, 1.165) is 29.6 Å². The Morgan fingerprint density at radius 3 is 1.47 bits per heavy atom. The van der Waals surface area contributed by atoms with Crippen molar-refractivity contribution in [3.05, 3.63) is 24.3 Å². The topological polar surface area (TPSA) is 0 Å². The molecule has 4 bridgehead atoms. The van der Waals surface area contributed by atoms with E-state index in [1.165, 1.54) is 32.1 Å². The fourth-order valence-electron chi connectivity index (χ4n) is 4.36. The van der Waals surface area contributed by atoms with E-state index in [-0.39, 0.29) is 0 Å². The highest BCUT2D eigenvalue weighted by atomic mass is 14.5. The van der Waals surface area contributed by atoms with Gasteiger partial charge in [-0.05, 0) is 61.7 Å². The maximum Gasteiger partial charge on any atom is -0.0192 e. The van der Waals surface area contributed by atoms with E-state index in [4.69, 9.17) is 0 Å². The monoisotopic (exact) mass is 202 g/mol. The smallest absolute Gasteiger partial charge is 0.0192 e. The molecule has 82 valence electrons. The van der Waals surface area contributed by atoms with Gasteiger partial charge in [0.1, 0.15) is 0 Å². The fraction of sp³-hybridized carbons (Fsp3) is 0.733. The molecule has 4 aliphatic rings. The largest absolute Gasteiger partial charge is 0.0993 e. The summed E-state index contributed by atoms with van der Waals surface area (Å²) in [7, 11) is 0. The molecule has 0 radical (unpaired) electrons. The number of allylic oxidation sites excluding steroid dienone is 2. The number of rotatable bonds is 0. The Kier molecular flexibility index (Phi) is 2.09. The molecule has 4 aliphatic carbocycles. The summed E-state index contributed by atoms with van der Waals surface area (Å²) >= 11 is 0. The second-order valence-electron chi connectivity index (χ2n) is 6.22. The number of fused-ring (bicyclic) bond motifs is 2. The third-order valence-electron chi connectivity index (χ3n) is 5.18. The van der Waals surface area contributed by atoms with Crippen LogP contribution in [0, 0.1) is 29.6 Å². The van der Waals surface area contributed by atoms with E-state index in [0.29, 0.717) is 0 Å². The van der Waals surface area contributed by atoms with Crippen molar-refractivity contribution in [1.29, 1.82) is 0 Å². The minimum Gasteiger partial charge on any atom is -0.0993 e. The normalized spacial score (nSPS) is 49.3. The molecule has 0 nitrogen and oxygen atoms in total. The van der Waals surface area contributed by atoms with Crippen molar-refractivity contribution < 1.29 is 0 Å². The molecular formula is C15H22. The summed E-state index contributed by atoms with van der Waals surface area (Å²) in [6.45, 7) is 11.2. The summed E-state index contributed by atoms with van der Waals surface area (Å²) in [6.07, 6.45) is 6.91. The molecule has 0 saturated heterocycles. The zero-order valence-corrected chi connectivity index (χ0v) is 9.84. The van der Waals surface area contributed by atoms with Crippen molar-refractivity contribution in [3.8, 4) is 0 Å². The fourth-order valence-corrected chi connectivity index (χ4v) is 4.36. The van der Waals surface area contributed by atoms with Gasteiger partial charge in [0.25, 0.3) is 0 Å². The molecule has 15 heavy (non-hydrogen) atoms. The van der Waals surface area contributed by atoms with E-state index < -0.39 is 0 Å². The number of hydrogen-bond donors (Lipinski definition) is 0. The lowest BCUT2D eigenvalue weighted by Crippen LogP contribution is -2.38. The van der Waals surface area contributed by atoms with Crippen molar-refractivity contribution >= 4 is 0 Å². The van der Waals surface area contributed by atoms with Gasteiger partial charge in [-0.15, -0.1) is 0 Å². The van der Waals surface area contributed by atoms with Crippen LogP contribution in [0.5, 0.6) is 0 Å². The van der Waals surface area contributed by atoms with Crippen molar-refractivity contribution in [3.63, 3.8) is 0 Å². The Morgan fingerprint density at radius 1 is 0.733 bits per heavy atom. The van der Waals surface area contributed by atoms with Crippen molar-refractivity contribution in [1.82, 2.24) is 0 Å². The van der Waals surface area contributed by atoms with Crippen LogP contribution in [0.4, 0.5) is 0 Å². The Labute approximate surface area is 93.5 Å². The summed E-state index contributed by atoms with van der Waals surface area (Å²) < 4.78 is 0. The lowest BCUT2D eigenvalue weighted by atomic mass is 9.56. The lowest BCUT2D eigenvalue weighted by molar-refractivity contribution is 0.149. The molecule has 0 heterocycles. The van der Waals surface area contributed by atoms with Crippen LogP contribution in [0.1, 0.15) is 39.0 Å². The second kappa shape index (κ2) is 3.23. The zero-order valence-electron chi connectivity index (χ0n) is 9.84. The van der Waals surface area contributed by atoms with Crippen LogP contribution in [0.15, 0.2) is 24.3 Å². The Morgan fingerprint density at radius 2 is 1.07 bits per heavy atom. The maximum atomic E-state index is 4.39. The highest BCUT2D eigenvalue weighted by molar-refractivity contribution is 5.23. The molecule has 0 aromatic carbocycles. The molecule has 0 aromatic rings. The highest BCUT2D eigenvalue weighted by Crippen LogP contribution is 2.54. The van der Waals surface area contributed by atoms with Gasteiger partial charge in [0.05, 0.1) is 0 Å². The molecule has 0 heteroatoms. The summed E-state index contributed by atoms with van der Waals surface area (Å²) in [5.41, 5.74) is 3.19. The molecule has 4 rings (SSSR count). The molecule has 0 amide bonds. The van der Waals surface area contributed by atoms with Crippen LogP contribution in [0.25, 0.3) is 0 Å². The first kappa shape index (κ1) is 9.69. The molecule has 0 aliphatic heterocycles. The van der Waals surface area contributed by atoms with Gasteiger partial charge in [0.15, 0.2) is 0 Å². The van der Waals surface area contributed by atoms with Crippen LogP contribution in [-0.4, -0.2) is 0 Å². The number of hydrogen-bond acceptors (Lipinski definition) is 0. The summed E-state index contributed by atoms with van der Waals surface area (Å²) in [6, 6.07) is 0. The van der Waals surface area contributed by atoms with Crippen molar-refractivity contribution in [2.24, 2.45) is 29.6 Å². The predicted octanol–water partition coefficient (Wildman–Crippen LogP) is 4.19. The van der Waals surface area contributed by atoms with Gasteiger partial charge < -0.3 is 0 Å². The van der Waals surface area contributed by atoms with Gasteiger partial charge in [-0.1, -0.05) is 31.2 Å². The minimum atomic E-state index is 0.821. The standard InChI is InChI=1S/C15H22/c1-9-4-12-6-15-8-14(10(12)2)7-13(5-9)11(15)3/h9,12-15H,2-8H2,1H3/t9?,12?,13?,14-,15-/m1/s1. The van der Waals surface area contributed by atoms with E-state index >= 15 is 0 Å². The Hall–Kier alpha value is -0.520. The van der Waals surface area contributed by atoms with Gasteiger partial charge in [-0.2, -0.15) is 0 Å². The van der Waals surface area contributed by atoms with Gasteiger partial charge in [-0.25, -0.2) is 0 Å².